The molecule has 2 heteroatoms. The average Bonchev–Trinajstić information content (AvgIpc) is 1.96. The van der Waals surface area contributed by atoms with Crippen molar-refractivity contribution in [2.45, 2.75) is 13.8 Å². The van der Waals surface area contributed by atoms with Gasteiger partial charge in [-0.25, -0.2) is 0 Å². The molecule has 0 aromatic heterocycles. The van der Waals surface area contributed by atoms with Gasteiger partial charge in [-0.05, 0) is 5.92 Å². The number of likely N-dealkylation sites (N-methyl/N-ethyl adjacent to an activating group) is 1. The third-order valence-corrected chi connectivity index (χ3v) is 2.32. The molecule has 1 aliphatic heterocycles. The van der Waals surface area contributed by atoms with Crippen LogP contribution < -0.4 is 0 Å². The fraction of sp³-hybridized carbons (Fsp3) is 0.800. The van der Waals surface area contributed by atoms with Gasteiger partial charge in [-0.15, -0.1) is 0 Å². The van der Waals surface area contributed by atoms with E-state index in [0.717, 1.165) is 19.0 Å². The Morgan fingerprint density at radius 3 is 2.58 bits per heavy atom. The van der Waals surface area contributed by atoms with E-state index in [0.29, 0.717) is 0 Å². The van der Waals surface area contributed by atoms with Crippen LogP contribution in [0.5, 0.6) is 0 Å². The highest BCUT2D eigenvalue weighted by atomic mass is 15.3. The first-order valence-electron chi connectivity index (χ1n) is 4.71. The summed E-state index contributed by atoms with van der Waals surface area (Å²) in [6, 6.07) is 0. The summed E-state index contributed by atoms with van der Waals surface area (Å²) >= 11 is 0. The summed E-state index contributed by atoms with van der Waals surface area (Å²) in [7, 11) is 2.12. The van der Waals surface area contributed by atoms with Gasteiger partial charge >= 0.3 is 0 Å². The molecular weight excluding hydrogens is 148 g/mol. The second kappa shape index (κ2) is 3.94. The lowest BCUT2D eigenvalue weighted by molar-refractivity contribution is 0.181. The first-order chi connectivity index (χ1) is 5.59. The van der Waals surface area contributed by atoms with Crippen LogP contribution in [-0.2, 0) is 0 Å². The summed E-state index contributed by atoms with van der Waals surface area (Å²) in [5, 5.41) is 0. The quantitative estimate of drug-likeness (QED) is 0.615. The Morgan fingerprint density at radius 1 is 1.42 bits per heavy atom. The van der Waals surface area contributed by atoms with Crippen LogP contribution in [0.2, 0.25) is 0 Å². The van der Waals surface area contributed by atoms with E-state index in [1.165, 1.54) is 18.8 Å². The molecule has 2 nitrogen and oxygen atoms in total. The van der Waals surface area contributed by atoms with Crippen LogP contribution in [0.25, 0.3) is 0 Å². The lowest BCUT2D eigenvalue weighted by atomic mass is 10.2. The number of rotatable bonds is 2. The minimum absolute atomic E-state index is 0.765. The van der Waals surface area contributed by atoms with Crippen LogP contribution in [-0.4, -0.2) is 43.0 Å². The summed E-state index contributed by atoms with van der Waals surface area (Å²) in [5.74, 6) is 0.765. The van der Waals surface area contributed by atoms with Crippen LogP contribution >= 0.6 is 0 Å². The van der Waals surface area contributed by atoms with Crippen molar-refractivity contribution in [3.8, 4) is 0 Å². The molecule has 0 atom stereocenters. The predicted octanol–water partition coefficient (Wildman–Crippen LogP) is 1.40. The Labute approximate surface area is 75.8 Å². The van der Waals surface area contributed by atoms with Crippen LogP contribution in [0, 0.1) is 5.92 Å². The topological polar surface area (TPSA) is 6.48 Å². The Morgan fingerprint density at radius 2 is 2.08 bits per heavy atom. The van der Waals surface area contributed by atoms with E-state index in [2.05, 4.69) is 37.3 Å². The maximum atomic E-state index is 4.04. The molecule has 0 saturated carbocycles. The van der Waals surface area contributed by atoms with Crippen molar-refractivity contribution in [3.63, 3.8) is 0 Å². The zero-order valence-corrected chi connectivity index (χ0v) is 8.51. The first kappa shape index (κ1) is 9.59. The van der Waals surface area contributed by atoms with Gasteiger partial charge < -0.3 is 4.90 Å². The molecule has 0 aliphatic carbocycles. The lowest BCUT2D eigenvalue weighted by Gasteiger charge is -2.36. The second-order valence-corrected chi connectivity index (χ2v) is 4.12. The van der Waals surface area contributed by atoms with Gasteiger partial charge in [0.15, 0.2) is 0 Å². The molecule has 0 amide bonds. The Balaban J connectivity index is 2.35. The summed E-state index contributed by atoms with van der Waals surface area (Å²) in [6.45, 7) is 13.1. The van der Waals surface area contributed by atoms with E-state index in [-0.39, 0.29) is 0 Å². The van der Waals surface area contributed by atoms with E-state index >= 15 is 0 Å². The second-order valence-electron chi connectivity index (χ2n) is 4.12. The van der Waals surface area contributed by atoms with Crippen LogP contribution in [0.4, 0.5) is 0 Å². The molecule has 1 rings (SSSR count). The molecule has 1 fully saturated rings. The molecule has 0 unspecified atom stereocenters. The molecule has 1 saturated heterocycles. The van der Waals surface area contributed by atoms with Gasteiger partial charge in [-0.1, -0.05) is 20.4 Å². The third kappa shape index (κ3) is 2.52. The fourth-order valence-electron chi connectivity index (χ4n) is 1.58. The molecule has 12 heavy (non-hydrogen) atoms. The maximum absolute atomic E-state index is 4.04. The van der Waals surface area contributed by atoms with Crippen molar-refractivity contribution < 1.29 is 0 Å². The van der Waals surface area contributed by atoms with Crippen LogP contribution in [0.1, 0.15) is 13.8 Å². The molecule has 0 aromatic carbocycles. The highest BCUT2D eigenvalue weighted by Gasteiger charge is 2.16. The van der Waals surface area contributed by atoms with Crippen molar-refractivity contribution in [2.24, 2.45) is 5.92 Å². The summed E-state index contributed by atoms with van der Waals surface area (Å²) in [6.07, 6.45) is 0. The number of nitrogens with zero attached hydrogens (tertiary/aromatic N) is 2. The van der Waals surface area contributed by atoms with Gasteiger partial charge in [0, 0.05) is 38.9 Å². The number of hydrogen-bond acceptors (Lipinski definition) is 2. The van der Waals surface area contributed by atoms with Crippen LogP contribution in [0.3, 0.4) is 0 Å². The number of piperazine rings is 1. The maximum Gasteiger partial charge on any atom is 0.0378 e. The first-order valence-corrected chi connectivity index (χ1v) is 4.71. The summed E-state index contributed by atoms with van der Waals surface area (Å²) in [5.41, 5.74) is 1.25. The fourth-order valence-corrected chi connectivity index (χ4v) is 1.58. The molecular formula is C10H20N2. The zero-order chi connectivity index (χ0) is 9.14. The smallest absolute Gasteiger partial charge is 0.0378 e. The van der Waals surface area contributed by atoms with Gasteiger partial charge in [0.05, 0.1) is 0 Å². The van der Waals surface area contributed by atoms with Gasteiger partial charge in [0.2, 0.25) is 0 Å². The minimum atomic E-state index is 0.765. The molecule has 0 aromatic rings. The largest absolute Gasteiger partial charge is 0.376 e. The molecule has 1 heterocycles. The lowest BCUT2D eigenvalue weighted by Crippen LogP contribution is -2.43. The Bertz CT molecular complexity index is 163. The van der Waals surface area contributed by atoms with Crippen molar-refractivity contribution >= 4 is 0 Å². The predicted molar refractivity (Wildman–Crippen MR) is 53.0 cm³/mol. The van der Waals surface area contributed by atoms with E-state index in [1.807, 2.05) is 0 Å². The highest BCUT2D eigenvalue weighted by Crippen LogP contribution is 2.10. The van der Waals surface area contributed by atoms with Crippen molar-refractivity contribution in [3.05, 3.63) is 12.3 Å². The Kier molecular flexibility index (Phi) is 3.15. The van der Waals surface area contributed by atoms with E-state index in [9.17, 15) is 0 Å². The summed E-state index contributed by atoms with van der Waals surface area (Å²) in [4.78, 5) is 4.73. The van der Waals surface area contributed by atoms with Crippen molar-refractivity contribution in [2.75, 3.05) is 33.2 Å². The van der Waals surface area contributed by atoms with Gasteiger partial charge in [0.1, 0.15) is 0 Å². The molecule has 1 aliphatic rings. The zero-order valence-electron chi connectivity index (χ0n) is 8.51. The SMILES string of the molecule is C=C1CN(CC(C)C)CCN1C. The van der Waals surface area contributed by atoms with Crippen molar-refractivity contribution in [1.82, 2.24) is 9.80 Å². The van der Waals surface area contributed by atoms with Gasteiger partial charge in [0.25, 0.3) is 0 Å². The summed E-state index contributed by atoms with van der Waals surface area (Å²) < 4.78 is 0. The highest BCUT2D eigenvalue weighted by molar-refractivity contribution is 4.99. The van der Waals surface area contributed by atoms with Crippen molar-refractivity contribution in [1.29, 1.82) is 0 Å². The van der Waals surface area contributed by atoms with Gasteiger partial charge in [-0.3, -0.25) is 4.90 Å². The van der Waals surface area contributed by atoms with E-state index in [4.69, 9.17) is 0 Å². The van der Waals surface area contributed by atoms with E-state index < -0.39 is 0 Å². The molecule has 0 bridgehead atoms. The Hall–Kier alpha value is -0.500. The van der Waals surface area contributed by atoms with Crippen LogP contribution in [0.15, 0.2) is 12.3 Å². The van der Waals surface area contributed by atoms with E-state index in [1.54, 1.807) is 0 Å². The number of hydrogen-bond donors (Lipinski definition) is 0. The third-order valence-electron chi connectivity index (χ3n) is 2.32. The normalized spacial score (nSPS) is 20.7. The molecule has 0 spiro atoms. The average molecular weight is 168 g/mol. The molecule has 70 valence electrons. The molecule has 0 radical (unpaired) electrons. The standard InChI is InChI=1S/C10H20N2/c1-9(2)7-12-6-5-11(4)10(3)8-12/h9H,3,5-8H2,1-2,4H3. The van der Waals surface area contributed by atoms with Gasteiger partial charge in [-0.2, -0.15) is 0 Å². The molecule has 0 N–H and O–H groups in total. The minimum Gasteiger partial charge on any atom is -0.376 e. The monoisotopic (exact) mass is 168 g/mol.